The molecule has 0 unspecified atom stereocenters. The van der Waals surface area contributed by atoms with Gasteiger partial charge >= 0.3 is 0 Å². The molecule has 118 valence electrons. The van der Waals surface area contributed by atoms with E-state index >= 15 is 0 Å². The van der Waals surface area contributed by atoms with Crippen LogP contribution in [0.15, 0.2) is 0 Å². The van der Waals surface area contributed by atoms with Crippen LogP contribution in [-0.4, -0.2) is 54.6 Å². The average molecular weight is 403 g/mol. The molecular weight excluding hydrogens is 377 g/mol. The minimum Gasteiger partial charge on any atom is -0.369 e. The molecule has 2 heterocycles. The van der Waals surface area contributed by atoms with E-state index in [9.17, 15) is 0 Å². The summed E-state index contributed by atoms with van der Waals surface area (Å²) in [5.74, 6) is 2.28. The molecule has 21 heavy (non-hydrogen) atoms. The molecule has 1 saturated heterocycles. The topological polar surface area (TPSA) is 44.3 Å². The maximum absolute atomic E-state index is 4.84. The van der Waals surface area contributed by atoms with Crippen LogP contribution in [0.2, 0.25) is 0 Å². The van der Waals surface area contributed by atoms with Gasteiger partial charge in [-0.05, 0) is 42.0 Å². The van der Waals surface area contributed by atoms with Gasteiger partial charge in [-0.3, -0.25) is 0 Å². The lowest BCUT2D eigenvalue weighted by atomic mass is 10.1. The van der Waals surface area contributed by atoms with E-state index in [0.29, 0.717) is 5.92 Å². The summed E-state index contributed by atoms with van der Waals surface area (Å²) in [6.07, 6.45) is 1.10. The van der Waals surface area contributed by atoms with Gasteiger partial charge in [-0.2, -0.15) is 4.98 Å². The van der Waals surface area contributed by atoms with E-state index in [0.717, 1.165) is 60.2 Å². The highest BCUT2D eigenvalue weighted by atomic mass is 127. The van der Waals surface area contributed by atoms with E-state index in [-0.39, 0.29) is 0 Å². The molecule has 0 bridgehead atoms. The minimum absolute atomic E-state index is 0.410. The Morgan fingerprint density at radius 2 is 1.86 bits per heavy atom. The van der Waals surface area contributed by atoms with Crippen molar-refractivity contribution in [3.8, 4) is 0 Å². The summed E-state index contributed by atoms with van der Waals surface area (Å²) in [4.78, 5) is 14.3. The Hall–Kier alpha value is -0.630. The maximum Gasteiger partial charge on any atom is 0.227 e. The van der Waals surface area contributed by atoms with Crippen LogP contribution in [0, 0.1) is 3.57 Å². The predicted molar refractivity (Wildman–Crippen MR) is 97.3 cm³/mol. The summed E-state index contributed by atoms with van der Waals surface area (Å²) in [5.41, 5.74) is 1.15. The van der Waals surface area contributed by atoms with Crippen molar-refractivity contribution in [3.63, 3.8) is 0 Å². The molecule has 1 aliphatic heterocycles. The van der Waals surface area contributed by atoms with Crippen molar-refractivity contribution in [2.75, 3.05) is 50.0 Å². The van der Waals surface area contributed by atoms with E-state index in [1.54, 1.807) is 0 Å². The molecule has 1 aromatic heterocycles. The lowest BCUT2D eigenvalue weighted by molar-refractivity contribution is 0.311. The van der Waals surface area contributed by atoms with Crippen LogP contribution in [0.3, 0.4) is 0 Å². The number of nitrogens with zero attached hydrogens (tertiary/aromatic N) is 4. The zero-order chi connectivity index (χ0) is 15.4. The SMILES string of the molecule is CCCNc1nc(N2CCN(C)CC2)nc(C(C)C)c1I. The molecule has 6 heteroatoms. The standard InChI is InChI=1S/C15H26IN5/c1-5-6-17-14-12(16)13(11(2)3)18-15(19-14)21-9-7-20(4)8-10-21/h11H,5-10H2,1-4H3,(H,17,18,19). The largest absolute Gasteiger partial charge is 0.369 e. The third kappa shape index (κ3) is 4.18. The zero-order valence-electron chi connectivity index (χ0n) is 13.5. The molecular formula is C15H26IN5. The molecule has 0 amide bonds. The number of halogens is 1. The highest BCUT2D eigenvalue weighted by Gasteiger charge is 2.21. The van der Waals surface area contributed by atoms with E-state index in [4.69, 9.17) is 9.97 Å². The molecule has 1 aliphatic rings. The lowest BCUT2D eigenvalue weighted by Crippen LogP contribution is -2.45. The van der Waals surface area contributed by atoms with Crippen molar-refractivity contribution >= 4 is 34.4 Å². The summed E-state index contributed by atoms with van der Waals surface area (Å²) in [6, 6.07) is 0. The van der Waals surface area contributed by atoms with Crippen LogP contribution in [0.5, 0.6) is 0 Å². The van der Waals surface area contributed by atoms with Gasteiger partial charge in [-0.1, -0.05) is 20.8 Å². The first-order chi connectivity index (χ1) is 10.0. The fraction of sp³-hybridized carbons (Fsp3) is 0.733. The Labute approximate surface area is 141 Å². The maximum atomic E-state index is 4.84. The van der Waals surface area contributed by atoms with Crippen molar-refractivity contribution in [1.82, 2.24) is 14.9 Å². The first-order valence-corrected chi connectivity index (χ1v) is 8.85. The Bertz CT molecular complexity index is 469. The minimum atomic E-state index is 0.410. The number of rotatable bonds is 5. The molecule has 0 atom stereocenters. The van der Waals surface area contributed by atoms with Crippen LogP contribution >= 0.6 is 22.6 Å². The predicted octanol–water partition coefficient (Wildman–Crippen LogP) is 2.78. The molecule has 2 rings (SSSR count). The normalized spacial score (nSPS) is 16.6. The molecule has 1 fully saturated rings. The molecule has 0 aliphatic carbocycles. The number of anilines is 2. The Morgan fingerprint density at radius 1 is 1.19 bits per heavy atom. The fourth-order valence-corrected chi connectivity index (χ4v) is 3.40. The molecule has 5 nitrogen and oxygen atoms in total. The van der Waals surface area contributed by atoms with Crippen molar-refractivity contribution in [3.05, 3.63) is 9.26 Å². The third-order valence-electron chi connectivity index (χ3n) is 3.74. The van der Waals surface area contributed by atoms with Crippen molar-refractivity contribution in [2.24, 2.45) is 0 Å². The van der Waals surface area contributed by atoms with Crippen LogP contribution in [0.25, 0.3) is 0 Å². The van der Waals surface area contributed by atoms with Gasteiger partial charge in [0, 0.05) is 32.7 Å². The van der Waals surface area contributed by atoms with E-state index in [1.165, 1.54) is 0 Å². The van der Waals surface area contributed by atoms with Gasteiger partial charge in [0.15, 0.2) is 0 Å². The van der Waals surface area contributed by atoms with E-state index in [2.05, 4.69) is 65.5 Å². The van der Waals surface area contributed by atoms with Gasteiger partial charge in [-0.25, -0.2) is 4.98 Å². The van der Waals surface area contributed by atoms with Gasteiger partial charge in [0.2, 0.25) is 5.95 Å². The van der Waals surface area contributed by atoms with Gasteiger partial charge < -0.3 is 15.1 Å². The molecule has 0 aromatic carbocycles. The average Bonchev–Trinajstić information content (AvgIpc) is 2.47. The van der Waals surface area contributed by atoms with Crippen LogP contribution < -0.4 is 10.2 Å². The van der Waals surface area contributed by atoms with Crippen molar-refractivity contribution < 1.29 is 0 Å². The third-order valence-corrected chi connectivity index (χ3v) is 4.80. The quantitative estimate of drug-likeness (QED) is 0.767. The number of nitrogens with one attached hydrogen (secondary N) is 1. The molecule has 1 aromatic rings. The molecule has 0 saturated carbocycles. The number of hydrogen-bond donors (Lipinski definition) is 1. The second-order valence-corrected chi connectivity index (χ2v) is 7.02. The number of likely N-dealkylation sites (N-methyl/N-ethyl adjacent to an activating group) is 1. The van der Waals surface area contributed by atoms with E-state index < -0.39 is 0 Å². The number of piperazine rings is 1. The second-order valence-electron chi connectivity index (χ2n) is 5.94. The van der Waals surface area contributed by atoms with Gasteiger partial charge in [-0.15, -0.1) is 0 Å². The highest BCUT2D eigenvalue weighted by Crippen LogP contribution is 2.27. The van der Waals surface area contributed by atoms with Crippen LogP contribution in [0.1, 0.15) is 38.8 Å². The Balaban J connectivity index is 2.29. The number of aromatic nitrogens is 2. The first-order valence-electron chi connectivity index (χ1n) is 7.77. The molecule has 0 radical (unpaired) electrons. The van der Waals surface area contributed by atoms with E-state index in [1.807, 2.05) is 0 Å². The summed E-state index contributed by atoms with van der Waals surface area (Å²) in [6.45, 7) is 11.7. The summed E-state index contributed by atoms with van der Waals surface area (Å²) in [7, 11) is 2.17. The van der Waals surface area contributed by atoms with Gasteiger partial charge in [0.25, 0.3) is 0 Å². The first kappa shape index (κ1) is 16.7. The highest BCUT2D eigenvalue weighted by molar-refractivity contribution is 14.1. The summed E-state index contributed by atoms with van der Waals surface area (Å²) >= 11 is 2.37. The molecule has 0 spiro atoms. The van der Waals surface area contributed by atoms with Crippen LogP contribution in [-0.2, 0) is 0 Å². The van der Waals surface area contributed by atoms with Gasteiger partial charge in [0.05, 0.1) is 9.26 Å². The smallest absolute Gasteiger partial charge is 0.227 e. The van der Waals surface area contributed by atoms with Gasteiger partial charge in [0.1, 0.15) is 5.82 Å². The fourth-order valence-electron chi connectivity index (χ4n) is 2.34. The molecule has 1 N–H and O–H groups in total. The summed E-state index contributed by atoms with van der Waals surface area (Å²) < 4.78 is 1.16. The zero-order valence-corrected chi connectivity index (χ0v) is 15.6. The monoisotopic (exact) mass is 403 g/mol. The second kappa shape index (κ2) is 7.58. The van der Waals surface area contributed by atoms with Crippen molar-refractivity contribution in [1.29, 1.82) is 0 Å². The van der Waals surface area contributed by atoms with Crippen LogP contribution in [0.4, 0.5) is 11.8 Å². The number of hydrogen-bond acceptors (Lipinski definition) is 5. The lowest BCUT2D eigenvalue weighted by Gasteiger charge is -2.33. The Morgan fingerprint density at radius 3 is 2.43 bits per heavy atom. The van der Waals surface area contributed by atoms with Crippen molar-refractivity contribution in [2.45, 2.75) is 33.1 Å². The summed E-state index contributed by atoms with van der Waals surface area (Å²) in [5, 5.41) is 3.45. The Kier molecular flexibility index (Phi) is 6.04.